The van der Waals surface area contributed by atoms with E-state index in [9.17, 15) is 0 Å². The van der Waals surface area contributed by atoms with E-state index >= 15 is 0 Å². The molecule has 0 radical (unpaired) electrons. The lowest BCUT2D eigenvalue weighted by molar-refractivity contribution is 0.291. The summed E-state index contributed by atoms with van der Waals surface area (Å²) in [5.74, 6) is 1.81. The number of hydrogen-bond acceptors (Lipinski definition) is 2. The monoisotopic (exact) mass is 328 g/mol. The van der Waals surface area contributed by atoms with Crippen molar-refractivity contribution in [2.45, 2.75) is 20.1 Å². The van der Waals surface area contributed by atoms with Gasteiger partial charge < -0.3 is 9.30 Å². The van der Waals surface area contributed by atoms with E-state index < -0.39 is 0 Å². The highest BCUT2D eigenvalue weighted by atomic mass is 16.5. The van der Waals surface area contributed by atoms with Gasteiger partial charge in [0.25, 0.3) is 0 Å². The van der Waals surface area contributed by atoms with Gasteiger partial charge in [0.15, 0.2) is 0 Å². The molecule has 1 heterocycles. The highest BCUT2D eigenvalue weighted by molar-refractivity contribution is 5.76. The molecule has 0 spiro atoms. The van der Waals surface area contributed by atoms with Crippen molar-refractivity contribution in [2.75, 3.05) is 0 Å². The molecule has 0 aliphatic carbocycles. The van der Waals surface area contributed by atoms with E-state index in [1.54, 1.807) is 0 Å². The van der Waals surface area contributed by atoms with Crippen LogP contribution in [0.5, 0.6) is 5.75 Å². The van der Waals surface area contributed by atoms with Crippen molar-refractivity contribution in [3.63, 3.8) is 0 Å². The van der Waals surface area contributed by atoms with Crippen LogP contribution < -0.4 is 4.74 Å². The maximum absolute atomic E-state index is 6.00. The number of aromatic nitrogens is 2. The third kappa shape index (κ3) is 3.41. The van der Waals surface area contributed by atoms with Gasteiger partial charge in [-0.2, -0.15) is 0 Å². The Morgan fingerprint density at radius 2 is 1.68 bits per heavy atom. The third-order valence-corrected chi connectivity index (χ3v) is 4.27. The summed E-state index contributed by atoms with van der Waals surface area (Å²) in [5, 5.41) is 0. The summed E-state index contributed by atoms with van der Waals surface area (Å²) in [7, 11) is 0. The van der Waals surface area contributed by atoms with Crippen LogP contribution in [0.3, 0.4) is 0 Å². The van der Waals surface area contributed by atoms with Crippen LogP contribution in [-0.4, -0.2) is 9.55 Å². The van der Waals surface area contributed by atoms with Crippen LogP contribution in [-0.2, 0) is 13.2 Å². The number of imidazole rings is 1. The van der Waals surface area contributed by atoms with Crippen LogP contribution in [0.25, 0.3) is 11.0 Å². The molecule has 3 aromatic carbocycles. The highest BCUT2D eigenvalue weighted by Crippen LogP contribution is 2.20. The first-order valence-corrected chi connectivity index (χ1v) is 8.47. The number of para-hydroxylation sites is 2. The summed E-state index contributed by atoms with van der Waals surface area (Å²) in [6, 6.07) is 26.8. The van der Waals surface area contributed by atoms with Gasteiger partial charge in [-0.3, -0.25) is 0 Å². The zero-order valence-electron chi connectivity index (χ0n) is 14.2. The van der Waals surface area contributed by atoms with Crippen molar-refractivity contribution in [3.8, 4) is 5.75 Å². The Morgan fingerprint density at radius 3 is 2.52 bits per heavy atom. The molecule has 0 saturated heterocycles. The maximum Gasteiger partial charge on any atom is 0.148 e. The summed E-state index contributed by atoms with van der Waals surface area (Å²) in [5.41, 5.74) is 4.58. The summed E-state index contributed by atoms with van der Waals surface area (Å²) in [4.78, 5) is 4.78. The topological polar surface area (TPSA) is 27.1 Å². The van der Waals surface area contributed by atoms with Gasteiger partial charge in [-0.15, -0.1) is 0 Å². The molecule has 3 heteroatoms. The van der Waals surface area contributed by atoms with Gasteiger partial charge in [0.1, 0.15) is 18.2 Å². The van der Waals surface area contributed by atoms with Crippen LogP contribution in [0.15, 0.2) is 78.9 Å². The molecule has 0 unspecified atom stereocenters. The average molecular weight is 328 g/mol. The van der Waals surface area contributed by atoms with E-state index in [0.717, 1.165) is 29.2 Å². The van der Waals surface area contributed by atoms with Crippen LogP contribution in [0.4, 0.5) is 0 Å². The van der Waals surface area contributed by atoms with Crippen LogP contribution in [0.1, 0.15) is 17.0 Å². The van der Waals surface area contributed by atoms with Crippen molar-refractivity contribution in [1.82, 2.24) is 9.55 Å². The smallest absolute Gasteiger partial charge is 0.148 e. The molecule has 0 aliphatic heterocycles. The molecule has 4 aromatic rings. The molecule has 0 N–H and O–H groups in total. The second-order valence-electron chi connectivity index (χ2n) is 6.19. The Labute approximate surface area is 147 Å². The maximum atomic E-state index is 6.00. The van der Waals surface area contributed by atoms with Gasteiger partial charge in [-0.05, 0) is 42.3 Å². The van der Waals surface area contributed by atoms with Crippen LogP contribution in [0, 0.1) is 6.92 Å². The van der Waals surface area contributed by atoms with Gasteiger partial charge in [-0.25, -0.2) is 4.98 Å². The number of nitrogens with zero attached hydrogens (tertiary/aromatic N) is 2. The average Bonchev–Trinajstić information content (AvgIpc) is 2.99. The summed E-state index contributed by atoms with van der Waals surface area (Å²) >= 11 is 0. The second-order valence-corrected chi connectivity index (χ2v) is 6.19. The van der Waals surface area contributed by atoms with Gasteiger partial charge >= 0.3 is 0 Å². The number of aryl methyl sites for hydroxylation is 1. The van der Waals surface area contributed by atoms with Crippen molar-refractivity contribution >= 4 is 11.0 Å². The van der Waals surface area contributed by atoms with E-state index in [1.165, 1.54) is 11.1 Å². The second kappa shape index (κ2) is 6.81. The molecular weight excluding hydrogens is 308 g/mol. The van der Waals surface area contributed by atoms with Gasteiger partial charge in [0, 0.05) is 6.54 Å². The molecule has 0 amide bonds. The zero-order valence-corrected chi connectivity index (χ0v) is 14.2. The first kappa shape index (κ1) is 15.5. The minimum atomic E-state index is 0.449. The molecular formula is C22H20N2O. The number of rotatable bonds is 5. The van der Waals surface area contributed by atoms with Crippen LogP contribution >= 0.6 is 0 Å². The van der Waals surface area contributed by atoms with Gasteiger partial charge in [-0.1, -0.05) is 54.6 Å². The van der Waals surface area contributed by atoms with Crippen molar-refractivity contribution in [1.29, 1.82) is 0 Å². The van der Waals surface area contributed by atoms with Gasteiger partial charge in [0.2, 0.25) is 0 Å². The SMILES string of the molecule is Cc1cccc(OCc2nc3ccccc3n2Cc2ccccc2)c1. The molecule has 1 aromatic heterocycles. The first-order valence-electron chi connectivity index (χ1n) is 8.47. The van der Waals surface area contributed by atoms with E-state index in [2.05, 4.69) is 54.0 Å². The van der Waals surface area contributed by atoms with E-state index in [4.69, 9.17) is 9.72 Å². The van der Waals surface area contributed by atoms with E-state index in [1.807, 2.05) is 36.4 Å². The first-order chi connectivity index (χ1) is 12.3. The number of hydrogen-bond donors (Lipinski definition) is 0. The Hall–Kier alpha value is -3.07. The molecule has 0 bridgehead atoms. The normalized spacial score (nSPS) is 10.9. The Kier molecular flexibility index (Phi) is 4.21. The largest absolute Gasteiger partial charge is 0.486 e. The number of benzene rings is 3. The minimum absolute atomic E-state index is 0.449. The molecule has 4 rings (SSSR count). The number of ether oxygens (including phenoxy) is 1. The molecule has 3 nitrogen and oxygen atoms in total. The van der Waals surface area contributed by atoms with Crippen LogP contribution in [0.2, 0.25) is 0 Å². The van der Waals surface area contributed by atoms with E-state index in [0.29, 0.717) is 6.61 Å². The standard InChI is InChI=1S/C22H20N2O/c1-17-8-7-11-19(14-17)25-16-22-23-20-12-5-6-13-21(20)24(22)15-18-9-3-2-4-10-18/h2-14H,15-16H2,1H3. The lowest BCUT2D eigenvalue weighted by atomic mass is 10.2. The van der Waals surface area contributed by atoms with E-state index in [-0.39, 0.29) is 0 Å². The fourth-order valence-electron chi connectivity index (χ4n) is 3.03. The molecule has 0 aliphatic rings. The predicted octanol–water partition coefficient (Wildman–Crippen LogP) is 4.97. The van der Waals surface area contributed by atoms with Crippen molar-refractivity contribution in [2.24, 2.45) is 0 Å². The fraction of sp³-hybridized carbons (Fsp3) is 0.136. The summed E-state index contributed by atoms with van der Waals surface area (Å²) in [6.45, 7) is 3.30. The Balaban J connectivity index is 1.66. The summed E-state index contributed by atoms with van der Waals surface area (Å²) in [6.07, 6.45) is 0. The lowest BCUT2D eigenvalue weighted by Gasteiger charge is -2.11. The number of fused-ring (bicyclic) bond motifs is 1. The third-order valence-electron chi connectivity index (χ3n) is 4.27. The fourth-order valence-corrected chi connectivity index (χ4v) is 3.03. The molecule has 25 heavy (non-hydrogen) atoms. The Morgan fingerprint density at radius 1 is 0.880 bits per heavy atom. The highest BCUT2D eigenvalue weighted by Gasteiger charge is 2.11. The quantitative estimate of drug-likeness (QED) is 0.517. The van der Waals surface area contributed by atoms with Crippen molar-refractivity contribution < 1.29 is 4.74 Å². The molecule has 0 saturated carbocycles. The summed E-state index contributed by atoms with van der Waals surface area (Å²) < 4.78 is 8.23. The zero-order chi connectivity index (χ0) is 17.1. The molecule has 124 valence electrons. The lowest BCUT2D eigenvalue weighted by Crippen LogP contribution is -2.08. The van der Waals surface area contributed by atoms with Crippen molar-refractivity contribution in [3.05, 3.63) is 95.8 Å². The predicted molar refractivity (Wildman–Crippen MR) is 101 cm³/mol. The Bertz CT molecular complexity index is 989. The molecule has 0 fully saturated rings. The molecule has 0 atom stereocenters. The minimum Gasteiger partial charge on any atom is -0.486 e. The van der Waals surface area contributed by atoms with Gasteiger partial charge in [0.05, 0.1) is 11.0 Å².